The third kappa shape index (κ3) is 76.3. The minimum Gasteiger partial charge on any atom is -0.462 e. The van der Waals surface area contributed by atoms with Crippen LogP contribution in [0.3, 0.4) is 0 Å². The van der Waals surface area contributed by atoms with Crippen LogP contribution in [0.1, 0.15) is 428 Å². The molecule has 0 fully saturated rings. The van der Waals surface area contributed by atoms with Crippen LogP contribution < -0.4 is 0 Å². The van der Waals surface area contributed by atoms with Crippen LogP contribution in [0.15, 0.2) is 0 Å². The lowest BCUT2D eigenvalue weighted by Gasteiger charge is -2.21. The molecule has 17 nitrogen and oxygen atoms in total. The molecule has 3 unspecified atom stereocenters. The van der Waals surface area contributed by atoms with E-state index in [0.717, 1.165) is 114 Å². The summed E-state index contributed by atoms with van der Waals surface area (Å²) < 4.78 is 68.8. The summed E-state index contributed by atoms with van der Waals surface area (Å²) in [6.07, 6.45) is 59.8. The van der Waals surface area contributed by atoms with Gasteiger partial charge in [-0.05, 0) is 49.4 Å². The zero-order valence-electron chi connectivity index (χ0n) is 67.2. The number of rotatable bonds is 80. The Bertz CT molecular complexity index is 1990. The Morgan fingerprint density at radius 2 is 0.412 bits per heavy atom. The Morgan fingerprint density at radius 3 is 0.608 bits per heavy atom. The van der Waals surface area contributed by atoms with Crippen LogP contribution >= 0.6 is 15.6 Å². The van der Waals surface area contributed by atoms with Gasteiger partial charge in [-0.25, -0.2) is 9.13 Å². The minimum atomic E-state index is -4.96. The summed E-state index contributed by atoms with van der Waals surface area (Å²) >= 11 is 0. The van der Waals surface area contributed by atoms with Crippen molar-refractivity contribution in [2.45, 2.75) is 446 Å². The molecule has 0 aromatic rings. The van der Waals surface area contributed by atoms with Gasteiger partial charge in [0, 0.05) is 25.7 Å². The summed E-state index contributed by atoms with van der Waals surface area (Å²) in [6.45, 7) is 14.3. The largest absolute Gasteiger partial charge is 0.472 e. The molecule has 5 atom stereocenters. The number of ether oxygens (including phenoxy) is 4. The van der Waals surface area contributed by atoms with E-state index >= 15 is 0 Å². The maximum absolute atomic E-state index is 13.1. The Balaban J connectivity index is 5.24. The van der Waals surface area contributed by atoms with Gasteiger partial charge in [0.15, 0.2) is 12.2 Å². The monoisotopic (exact) mass is 1490 g/mol. The molecule has 606 valence electrons. The van der Waals surface area contributed by atoms with Crippen LogP contribution in [0.4, 0.5) is 0 Å². The highest BCUT2D eigenvalue weighted by atomic mass is 31.2. The molecule has 0 spiro atoms. The average molecular weight is 1490 g/mol. The van der Waals surface area contributed by atoms with Crippen molar-refractivity contribution < 1.29 is 80.2 Å². The molecule has 0 aliphatic carbocycles. The van der Waals surface area contributed by atoms with E-state index in [2.05, 4.69) is 55.4 Å². The van der Waals surface area contributed by atoms with E-state index in [1.165, 1.54) is 225 Å². The van der Waals surface area contributed by atoms with Gasteiger partial charge in [-0.15, -0.1) is 0 Å². The van der Waals surface area contributed by atoms with Crippen LogP contribution in [-0.4, -0.2) is 96.7 Å². The SMILES string of the molecule is CC(C)CCCCCCCCCCCCCCCCCCC(=O)OC[C@H](COP(=O)(O)OCC(O)COP(=O)(O)OC[C@@H](COC(=O)CCCCCCCCCC(C)C)OC(=O)CCCCCCCCCCCCCC(C)C)OC(=O)CCCCCCCCCCCCCCCCCCC(C)C. The van der Waals surface area contributed by atoms with Gasteiger partial charge in [-0.1, -0.05) is 376 Å². The van der Waals surface area contributed by atoms with Crippen molar-refractivity contribution in [3.05, 3.63) is 0 Å². The summed E-state index contributed by atoms with van der Waals surface area (Å²) in [5.74, 6) is 0.980. The van der Waals surface area contributed by atoms with E-state index in [4.69, 9.17) is 37.0 Å². The number of phosphoric ester groups is 2. The first-order valence-corrected chi connectivity index (χ1v) is 45.7. The molecule has 0 rings (SSSR count). The van der Waals surface area contributed by atoms with Gasteiger partial charge in [0.1, 0.15) is 19.3 Å². The topological polar surface area (TPSA) is 237 Å². The normalized spacial score (nSPS) is 14.0. The lowest BCUT2D eigenvalue weighted by molar-refractivity contribution is -0.161. The van der Waals surface area contributed by atoms with Crippen molar-refractivity contribution in [3.8, 4) is 0 Å². The lowest BCUT2D eigenvalue weighted by Crippen LogP contribution is -2.30. The minimum absolute atomic E-state index is 0.105. The molecule has 0 saturated carbocycles. The standard InChI is InChI=1S/C83H162O17P2/c1-73(2)59-51-43-35-28-22-17-13-9-11-15-19-25-31-39-47-55-63-80(85)93-69-78(99-82(87)65-57-49-40-32-26-20-16-12-10-14-18-23-29-36-44-52-60-74(3)4)71-97-101(89,90)95-67-77(84)68-96-102(91,92)98-72-79(70-94-81(86)64-56-48-42-34-38-46-54-62-76(7)8)100-83(88)66-58-50-41-33-27-21-24-30-37-45-53-61-75(5)6/h73-79,84H,9-72H2,1-8H3,(H,89,90)(H,91,92)/t77?,78-,79-/m1/s1. The zero-order chi connectivity index (χ0) is 75.3. The fraction of sp³-hybridized carbons (Fsp3) is 0.952. The first-order chi connectivity index (χ1) is 49.1. The van der Waals surface area contributed by atoms with Crippen LogP contribution in [0.5, 0.6) is 0 Å². The van der Waals surface area contributed by atoms with Crippen molar-refractivity contribution in [2.24, 2.45) is 23.7 Å². The van der Waals surface area contributed by atoms with E-state index in [1.807, 2.05) is 0 Å². The highest BCUT2D eigenvalue weighted by Crippen LogP contribution is 2.45. The van der Waals surface area contributed by atoms with E-state index < -0.39 is 97.5 Å². The number of carbonyl (C=O) groups is 4. The van der Waals surface area contributed by atoms with Crippen molar-refractivity contribution in [1.29, 1.82) is 0 Å². The molecule has 0 radical (unpaired) electrons. The molecule has 102 heavy (non-hydrogen) atoms. The quantitative estimate of drug-likeness (QED) is 0.0222. The first-order valence-electron chi connectivity index (χ1n) is 42.7. The predicted molar refractivity (Wildman–Crippen MR) is 418 cm³/mol. The summed E-state index contributed by atoms with van der Waals surface area (Å²) in [5.41, 5.74) is 0. The maximum atomic E-state index is 13.1. The third-order valence-electron chi connectivity index (χ3n) is 19.3. The number of hydrogen-bond donors (Lipinski definition) is 3. The van der Waals surface area contributed by atoms with Gasteiger partial charge >= 0.3 is 39.5 Å². The van der Waals surface area contributed by atoms with Crippen LogP contribution in [0.2, 0.25) is 0 Å². The summed E-state index contributed by atoms with van der Waals surface area (Å²) in [6, 6.07) is 0. The molecule has 0 aromatic carbocycles. The van der Waals surface area contributed by atoms with Crippen molar-refractivity contribution in [2.75, 3.05) is 39.6 Å². The Kier molecular flexibility index (Phi) is 70.6. The molecular formula is C83H162O17P2. The summed E-state index contributed by atoms with van der Waals surface area (Å²) in [5, 5.41) is 10.7. The zero-order valence-corrected chi connectivity index (χ0v) is 69.0. The van der Waals surface area contributed by atoms with Gasteiger partial charge in [0.05, 0.1) is 26.4 Å². The number of unbranched alkanes of at least 4 members (excludes halogenated alkanes) is 46. The number of esters is 4. The Morgan fingerprint density at radius 1 is 0.245 bits per heavy atom. The second-order valence-corrected chi connectivity index (χ2v) is 34.7. The molecule has 0 amide bonds. The molecule has 0 saturated heterocycles. The Hall–Kier alpha value is -1.94. The van der Waals surface area contributed by atoms with E-state index in [0.29, 0.717) is 31.6 Å². The first kappa shape index (κ1) is 100. The van der Waals surface area contributed by atoms with Gasteiger partial charge < -0.3 is 33.8 Å². The van der Waals surface area contributed by atoms with Crippen molar-refractivity contribution in [1.82, 2.24) is 0 Å². The highest BCUT2D eigenvalue weighted by Gasteiger charge is 2.30. The van der Waals surface area contributed by atoms with Gasteiger partial charge in [-0.2, -0.15) is 0 Å². The number of phosphoric acid groups is 2. The summed E-state index contributed by atoms with van der Waals surface area (Å²) in [4.78, 5) is 73.1. The number of hydrogen-bond acceptors (Lipinski definition) is 15. The second-order valence-electron chi connectivity index (χ2n) is 31.8. The van der Waals surface area contributed by atoms with Crippen LogP contribution in [0, 0.1) is 23.7 Å². The Labute approximate surface area is 626 Å². The van der Waals surface area contributed by atoms with Crippen molar-refractivity contribution in [3.63, 3.8) is 0 Å². The molecule has 19 heteroatoms. The molecule has 0 aromatic heterocycles. The molecule has 3 N–H and O–H groups in total. The maximum Gasteiger partial charge on any atom is 0.472 e. The number of carbonyl (C=O) groups excluding carboxylic acids is 4. The predicted octanol–water partition coefficient (Wildman–Crippen LogP) is 24.8. The highest BCUT2D eigenvalue weighted by molar-refractivity contribution is 7.47. The molecule has 0 heterocycles. The van der Waals surface area contributed by atoms with E-state index in [1.54, 1.807) is 0 Å². The van der Waals surface area contributed by atoms with Crippen molar-refractivity contribution >= 4 is 39.5 Å². The van der Waals surface area contributed by atoms with Crippen LogP contribution in [0.25, 0.3) is 0 Å². The fourth-order valence-electron chi connectivity index (χ4n) is 12.8. The number of aliphatic hydroxyl groups excluding tert-OH is 1. The van der Waals surface area contributed by atoms with Crippen LogP contribution in [-0.2, 0) is 65.4 Å². The summed E-state index contributed by atoms with van der Waals surface area (Å²) in [7, 11) is -9.92. The lowest BCUT2D eigenvalue weighted by atomic mass is 10.0. The second kappa shape index (κ2) is 72.0. The van der Waals surface area contributed by atoms with Gasteiger partial charge in [-0.3, -0.25) is 37.3 Å². The average Bonchev–Trinajstić information content (AvgIpc) is 0.912. The smallest absolute Gasteiger partial charge is 0.462 e. The third-order valence-corrected chi connectivity index (χ3v) is 21.2. The molecule has 0 aliphatic heterocycles. The molecular weight excluding hydrogens is 1330 g/mol. The molecule has 0 bridgehead atoms. The van der Waals surface area contributed by atoms with E-state index in [9.17, 15) is 43.2 Å². The van der Waals surface area contributed by atoms with E-state index in [-0.39, 0.29) is 25.7 Å². The number of aliphatic hydroxyl groups is 1. The van der Waals surface area contributed by atoms with Gasteiger partial charge in [0.2, 0.25) is 0 Å². The van der Waals surface area contributed by atoms with Gasteiger partial charge in [0.25, 0.3) is 0 Å². The fourth-order valence-corrected chi connectivity index (χ4v) is 14.4. The molecule has 0 aliphatic rings.